The molecule has 1 rings (SSSR count). The van der Waals surface area contributed by atoms with E-state index in [1.807, 2.05) is 0 Å². The highest BCUT2D eigenvalue weighted by Crippen LogP contribution is 2.25. The van der Waals surface area contributed by atoms with Crippen LogP contribution in [0.15, 0.2) is 22.7 Å². The number of alkyl halides is 1. The first-order valence-electron chi connectivity index (χ1n) is 4.73. The predicted molar refractivity (Wildman–Crippen MR) is 71.9 cm³/mol. The number of hydrogen-bond donors (Lipinski definition) is 0. The summed E-state index contributed by atoms with van der Waals surface area (Å²) in [5.74, 6) is 0. The van der Waals surface area contributed by atoms with Crippen molar-refractivity contribution in [2.75, 3.05) is 32.2 Å². The first-order chi connectivity index (χ1) is 7.19. The Hall–Kier alpha value is -0.0600. The Bertz CT molecular complexity index is 317. The van der Waals surface area contributed by atoms with E-state index in [9.17, 15) is 0 Å². The van der Waals surface area contributed by atoms with E-state index in [1.165, 1.54) is 11.3 Å². The number of halogens is 2. The van der Waals surface area contributed by atoms with Gasteiger partial charge in [-0.3, -0.25) is 0 Å². The van der Waals surface area contributed by atoms with Crippen LogP contribution in [0, 0.1) is 0 Å². The number of ether oxygens (including phenoxy) is 1. The van der Waals surface area contributed by atoms with E-state index in [2.05, 4.69) is 62.0 Å². The molecule has 4 heteroatoms. The SMILES string of the molecule is COCCN(C)c1ccc(Br)cc1CBr. The maximum Gasteiger partial charge on any atom is 0.0637 e. The van der Waals surface area contributed by atoms with Crippen molar-refractivity contribution in [1.82, 2.24) is 0 Å². The molecule has 0 heterocycles. The molecular weight excluding hydrogens is 322 g/mol. The average molecular weight is 337 g/mol. The van der Waals surface area contributed by atoms with Crippen LogP contribution in [-0.2, 0) is 10.1 Å². The van der Waals surface area contributed by atoms with Crippen LogP contribution in [-0.4, -0.2) is 27.3 Å². The van der Waals surface area contributed by atoms with Crippen molar-refractivity contribution >= 4 is 37.5 Å². The fraction of sp³-hybridized carbons (Fsp3) is 0.455. The number of anilines is 1. The molecule has 1 aromatic rings. The summed E-state index contributed by atoms with van der Waals surface area (Å²) < 4.78 is 6.18. The molecule has 0 saturated heterocycles. The van der Waals surface area contributed by atoms with Gasteiger partial charge in [0.1, 0.15) is 0 Å². The minimum atomic E-state index is 0.744. The molecule has 0 aliphatic heterocycles. The average Bonchev–Trinajstić information content (AvgIpc) is 2.25. The fourth-order valence-electron chi connectivity index (χ4n) is 1.38. The third-order valence-corrected chi connectivity index (χ3v) is 3.32. The van der Waals surface area contributed by atoms with E-state index < -0.39 is 0 Å². The van der Waals surface area contributed by atoms with Crippen LogP contribution >= 0.6 is 31.9 Å². The minimum Gasteiger partial charge on any atom is -0.383 e. The molecule has 0 radical (unpaired) electrons. The van der Waals surface area contributed by atoms with Crippen molar-refractivity contribution in [3.8, 4) is 0 Å². The first-order valence-corrected chi connectivity index (χ1v) is 6.65. The normalized spacial score (nSPS) is 10.4. The lowest BCUT2D eigenvalue weighted by Crippen LogP contribution is -2.23. The molecule has 84 valence electrons. The second-order valence-corrected chi connectivity index (χ2v) is 4.80. The van der Waals surface area contributed by atoms with E-state index in [-0.39, 0.29) is 0 Å². The van der Waals surface area contributed by atoms with E-state index >= 15 is 0 Å². The Kier molecular flexibility index (Phi) is 5.64. The van der Waals surface area contributed by atoms with Crippen molar-refractivity contribution in [2.45, 2.75) is 5.33 Å². The van der Waals surface area contributed by atoms with E-state index in [0.717, 1.165) is 23.0 Å². The van der Waals surface area contributed by atoms with Gasteiger partial charge in [-0.1, -0.05) is 31.9 Å². The topological polar surface area (TPSA) is 12.5 Å². The molecular formula is C11H15Br2NO. The van der Waals surface area contributed by atoms with Crippen LogP contribution < -0.4 is 4.90 Å². The van der Waals surface area contributed by atoms with E-state index in [4.69, 9.17) is 4.74 Å². The fourth-order valence-corrected chi connectivity index (χ4v) is 2.24. The highest BCUT2D eigenvalue weighted by Gasteiger charge is 2.06. The van der Waals surface area contributed by atoms with Gasteiger partial charge in [0, 0.05) is 36.2 Å². The molecule has 0 N–H and O–H groups in total. The number of rotatable bonds is 5. The molecule has 0 atom stereocenters. The summed E-state index contributed by atoms with van der Waals surface area (Å²) in [5, 5.41) is 0.860. The van der Waals surface area contributed by atoms with Crippen molar-refractivity contribution < 1.29 is 4.74 Å². The molecule has 0 unspecified atom stereocenters. The summed E-state index contributed by atoms with van der Waals surface area (Å²) in [4.78, 5) is 2.20. The van der Waals surface area contributed by atoms with Crippen LogP contribution in [0.3, 0.4) is 0 Å². The van der Waals surface area contributed by atoms with Gasteiger partial charge in [-0.15, -0.1) is 0 Å². The van der Waals surface area contributed by atoms with Gasteiger partial charge in [-0.05, 0) is 23.8 Å². The predicted octanol–water partition coefficient (Wildman–Crippen LogP) is 3.43. The zero-order valence-electron chi connectivity index (χ0n) is 8.96. The number of nitrogens with zero attached hydrogens (tertiary/aromatic N) is 1. The molecule has 0 saturated carbocycles. The zero-order chi connectivity index (χ0) is 11.3. The highest BCUT2D eigenvalue weighted by atomic mass is 79.9. The molecule has 0 aliphatic carbocycles. The van der Waals surface area contributed by atoms with Gasteiger partial charge in [0.15, 0.2) is 0 Å². The Morgan fingerprint density at radius 2 is 2.13 bits per heavy atom. The maximum atomic E-state index is 5.07. The molecule has 0 aliphatic rings. The van der Waals surface area contributed by atoms with Crippen LogP contribution in [0.25, 0.3) is 0 Å². The Morgan fingerprint density at radius 1 is 1.40 bits per heavy atom. The van der Waals surface area contributed by atoms with E-state index in [0.29, 0.717) is 0 Å². The summed E-state index contributed by atoms with van der Waals surface area (Å²) in [6, 6.07) is 6.31. The summed E-state index contributed by atoms with van der Waals surface area (Å²) in [6.45, 7) is 1.65. The quantitative estimate of drug-likeness (QED) is 0.764. The third-order valence-electron chi connectivity index (χ3n) is 2.23. The van der Waals surface area contributed by atoms with Crippen LogP contribution in [0.2, 0.25) is 0 Å². The van der Waals surface area contributed by atoms with Gasteiger partial charge in [0.05, 0.1) is 6.61 Å². The van der Waals surface area contributed by atoms with Gasteiger partial charge in [0.25, 0.3) is 0 Å². The van der Waals surface area contributed by atoms with Gasteiger partial charge in [-0.25, -0.2) is 0 Å². The smallest absolute Gasteiger partial charge is 0.0637 e. The van der Waals surface area contributed by atoms with Gasteiger partial charge >= 0.3 is 0 Å². The highest BCUT2D eigenvalue weighted by molar-refractivity contribution is 9.10. The first kappa shape index (κ1) is 13.0. The Morgan fingerprint density at radius 3 is 2.73 bits per heavy atom. The van der Waals surface area contributed by atoms with Gasteiger partial charge in [-0.2, -0.15) is 0 Å². The molecule has 1 aromatic carbocycles. The lowest BCUT2D eigenvalue weighted by molar-refractivity contribution is 0.206. The van der Waals surface area contributed by atoms with Crippen LogP contribution in [0.4, 0.5) is 5.69 Å². The van der Waals surface area contributed by atoms with Gasteiger partial charge in [0.2, 0.25) is 0 Å². The van der Waals surface area contributed by atoms with Crippen molar-refractivity contribution in [3.63, 3.8) is 0 Å². The second-order valence-electron chi connectivity index (χ2n) is 3.32. The minimum absolute atomic E-state index is 0.744. The number of hydrogen-bond acceptors (Lipinski definition) is 2. The molecule has 2 nitrogen and oxygen atoms in total. The summed E-state index contributed by atoms with van der Waals surface area (Å²) >= 11 is 6.98. The largest absolute Gasteiger partial charge is 0.383 e. The maximum absolute atomic E-state index is 5.07. The van der Waals surface area contributed by atoms with Crippen molar-refractivity contribution in [1.29, 1.82) is 0 Å². The van der Waals surface area contributed by atoms with Crippen molar-refractivity contribution in [3.05, 3.63) is 28.2 Å². The third kappa shape index (κ3) is 3.78. The van der Waals surface area contributed by atoms with E-state index in [1.54, 1.807) is 7.11 Å². The van der Waals surface area contributed by atoms with Gasteiger partial charge < -0.3 is 9.64 Å². The molecule has 0 spiro atoms. The summed E-state index contributed by atoms with van der Waals surface area (Å²) in [5.41, 5.74) is 2.52. The lowest BCUT2D eigenvalue weighted by atomic mass is 10.2. The molecule has 0 aromatic heterocycles. The number of likely N-dealkylation sites (N-methyl/N-ethyl adjacent to an activating group) is 1. The molecule has 0 bridgehead atoms. The standard InChI is InChI=1S/C11H15Br2NO/c1-14(5-6-15-2)11-4-3-10(13)7-9(11)8-12/h3-4,7H,5-6,8H2,1-2H3. The van der Waals surface area contributed by atoms with Crippen molar-refractivity contribution in [2.24, 2.45) is 0 Å². The molecule has 0 amide bonds. The summed E-state index contributed by atoms with van der Waals surface area (Å²) in [6.07, 6.45) is 0. The monoisotopic (exact) mass is 335 g/mol. The lowest BCUT2D eigenvalue weighted by Gasteiger charge is -2.21. The Balaban J connectivity index is 2.82. The number of benzene rings is 1. The zero-order valence-corrected chi connectivity index (χ0v) is 12.1. The van der Waals surface area contributed by atoms with Crippen LogP contribution in [0.1, 0.15) is 5.56 Å². The van der Waals surface area contributed by atoms with Crippen LogP contribution in [0.5, 0.6) is 0 Å². The molecule has 15 heavy (non-hydrogen) atoms. The Labute approximate surface area is 108 Å². The molecule has 0 fully saturated rings. The summed E-state index contributed by atoms with van der Waals surface area (Å²) in [7, 11) is 3.80. The second kappa shape index (κ2) is 6.51. The number of methoxy groups -OCH3 is 1.